The molecule has 36 heavy (non-hydrogen) atoms. The molecule has 0 fully saturated rings. The zero-order valence-corrected chi connectivity index (χ0v) is 23.5. The molecule has 2 rings (SSSR count). The Bertz CT molecular complexity index is 854. The van der Waals surface area contributed by atoms with Gasteiger partial charge in [0.2, 0.25) is 5.91 Å². The lowest BCUT2D eigenvalue weighted by Crippen LogP contribution is -2.28. The predicted molar refractivity (Wildman–Crippen MR) is 150 cm³/mol. The number of rotatable bonds is 20. The molecule has 1 N–H and O–H groups in total. The summed E-state index contributed by atoms with van der Waals surface area (Å²) >= 11 is 6.41. The molecule has 0 aliphatic rings. The number of nitrogens with zero attached hydrogens (tertiary/aromatic N) is 1. The van der Waals surface area contributed by atoms with Crippen LogP contribution in [0.1, 0.15) is 108 Å². The van der Waals surface area contributed by atoms with Crippen molar-refractivity contribution < 1.29 is 14.1 Å². The van der Waals surface area contributed by atoms with Gasteiger partial charge in [-0.2, -0.15) is 0 Å². The summed E-state index contributed by atoms with van der Waals surface area (Å²) < 4.78 is 7.85. The average molecular weight is 516 g/mol. The number of carbonyl (C=O) groups is 1. The van der Waals surface area contributed by atoms with E-state index in [1.807, 2.05) is 54.3 Å². The second kappa shape index (κ2) is 19.1. The molecule has 0 saturated carbocycles. The van der Waals surface area contributed by atoms with Crippen LogP contribution in [0.3, 0.4) is 0 Å². The molecule has 1 aromatic heterocycles. The summed E-state index contributed by atoms with van der Waals surface area (Å²) in [5, 5.41) is 3.53. The summed E-state index contributed by atoms with van der Waals surface area (Å²) in [4.78, 5) is 12.3. The minimum absolute atomic E-state index is 0.0182. The normalized spacial score (nSPS) is 11.0. The molecule has 0 atom stereocenters. The first-order chi connectivity index (χ1) is 17.6. The fourth-order valence-electron chi connectivity index (χ4n) is 4.35. The van der Waals surface area contributed by atoms with Crippen LogP contribution in [0.5, 0.6) is 5.75 Å². The van der Waals surface area contributed by atoms with Crippen LogP contribution in [-0.4, -0.2) is 12.5 Å². The molecule has 1 amide bonds. The minimum Gasteiger partial charge on any atom is -0.492 e. The van der Waals surface area contributed by atoms with Crippen LogP contribution in [0, 0.1) is 0 Å². The van der Waals surface area contributed by atoms with Gasteiger partial charge in [-0.15, -0.1) is 0 Å². The van der Waals surface area contributed by atoms with Gasteiger partial charge in [0.25, 0.3) is 0 Å². The summed E-state index contributed by atoms with van der Waals surface area (Å²) in [7, 11) is 1.97. The highest BCUT2D eigenvalue weighted by molar-refractivity contribution is 6.32. The Balaban J connectivity index is 1.48. The van der Waals surface area contributed by atoms with Crippen molar-refractivity contribution in [1.29, 1.82) is 0 Å². The Labute approximate surface area is 224 Å². The number of unbranched alkanes of at least 4 members (excludes halogenated alkanes) is 13. The van der Waals surface area contributed by atoms with Crippen LogP contribution in [0.2, 0.25) is 5.02 Å². The summed E-state index contributed by atoms with van der Waals surface area (Å²) in [6, 6.07) is 9.65. The second-order valence-corrected chi connectivity index (χ2v) is 10.4. The average Bonchev–Trinajstić information content (AvgIpc) is 2.87. The molecule has 0 unspecified atom stereocenters. The molecular weight excluding hydrogens is 468 g/mol. The quantitative estimate of drug-likeness (QED) is 0.144. The molecule has 4 nitrogen and oxygen atoms in total. The molecule has 1 heterocycles. The molecule has 5 heteroatoms. The van der Waals surface area contributed by atoms with Crippen molar-refractivity contribution in [2.24, 2.45) is 7.05 Å². The molecule has 0 aliphatic heterocycles. The number of hydrogen-bond donors (Lipinski definition) is 1. The van der Waals surface area contributed by atoms with Crippen molar-refractivity contribution in [3.05, 3.63) is 58.9 Å². The summed E-state index contributed by atoms with van der Waals surface area (Å²) in [5.74, 6) is 0.683. The number of halogens is 1. The van der Waals surface area contributed by atoms with Crippen molar-refractivity contribution in [3.8, 4) is 5.75 Å². The number of ether oxygens (including phenoxy) is 1. The van der Waals surface area contributed by atoms with Gasteiger partial charge in [0.05, 0.1) is 18.1 Å². The first-order valence-corrected chi connectivity index (χ1v) is 14.6. The van der Waals surface area contributed by atoms with Crippen LogP contribution >= 0.6 is 11.6 Å². The van der Waals surface area contributed by atoms with Gasteiger partial charge in [0.15, 0.2) is 12.4 Å². The van der Waals surface area contributed by atoms with E-state index in [0.717, 1.165) is 17.5 Å². The number of nitrogens with one attached hydrogen (secondary N) is 1. The van der Waals surface area contributed by atoms with Gasteiger partial charge in [-0.05, 0) is 29.7 Å². The highest BCUT2D eigenvalue weighted by Crippen LogP contribution is 2.26. The first kappa shape index (κ1) is 30.2. The van der Waals surface area contributed by atoms with Crippen molar-refractivity contribution >= 4 is 17.5 Å². The lowest BCUT2D eigenvalue weighted by Gasteiger charge is -2.10. The van der Waals surface area contributed by atoms with Gasteiger partial charge in [-0.1, -0.05) is 108 Å². The maximum atomic E-state index is 12.3. The molecule has 0 radical (unpaired) electrons. The van der Waals surface area contributed by atoms with Crippen LogP contribution in [-0.2, 0) is 24.8 Å². The molecular formula is C31H48ClN2O2+. The van der Waals surface area contributed by atoms with Crippen molar-refractivity contribution in [3.63, 3.8) is 0 Å². The Kier molecular flexibility index (Phi) is 16.0. The number of hydrogen-bond acceptors (Lipinski definition) is 2. The van der Waals surface area contributed by atoms with Gasteiger partial charge >= 0.3 is 0 Å². The molecule has 200 valence electrons. The van der Waals surface area contributed by atoms with E-state index in [9.17, 15) is 4.79 Å². The number of amides is 1. The Morgan fingerprint density at radius 3 is 1.92 bits per heavy atom. The van der Waals surface area contributed by atoms with E-state index in [1.165, 1.54) is 83.5 Å². The number of carbonyl (C=O) groups excluding carboxylic acids is 1. The van der Waals surface area contributed by atoms with E-state index in [1.54, 1.807) is 0 Å². The summed E-state index contributed by atoms with van der Waals surface area (Å²) in [6.45, 7) is 3.49. The number of aryl methyl sites for hydroxylation is 1. The number of aromatic nitrogens is 1. The topological polar surface area (TPSA) is 42.2 Å². The fraction of sp³-hybridized carbons (Fsp3) is 0.613. The monoisotopic (exact) mass is 515 g/mol. The maximum absolute atomic E-state index is 12.3. The second-order valence-electron chi connectivity index (χ2n) is 10.0. The van der Waals surface area contributed by atoms with E-state index in [2.05, 4.69) is 12.2 Å². The number of pyridine rings is 1. The van der Waals surface area contributed by atoms with E-state index in [4.69, 9.17) is 16.3 Å². The minimum atomic E-state index is -0.0182. The largest absolute Gasteiger partial charge is 0.492 e. The van der Waals surface area contributed by atoms with E-state index in [-0.39, 0.29) is 5.91 Å². The number of benzene rings is 1. The Morgan fingerprint density at radius 1 is 0.806 bits per heavy atom. The molecule has 2 aromatic rings. The molecule has 0 bridgehead atoms. The smallest absolute Gasteiger partial charge is 0.224 e. The summed E-state index contributed by atoms with van der Waals surface area (Å²) in [5.41, 5.74) is 1.97. The van der Waals surface area contributed by atoms with E-state index < -0.39 is 0 Å². The molecule has 0 spiro atoms. The zero-order chi connectivity index (χ0) is 25.8. The highest BCUT2D eigenvalue weighted by Gasteiger charge is 2.08. The lowest BCUT2D eigenvalue weighted by atomic mass is 10.0. The van der Waals surface area contributed by atoms with Crippen LogP contribution in [0.15, 0.2) is 42.7 Å². The standard InChI is InChI=1S/C31H47ClN2O2/c1-3-4-5-6-7-8-9-10-11-12-13-14-15-16-23-36-30-18-17-28(24-29(30)32)25-31(35)33-26-27-19-21-34(2)22-20-27/h17-22,24H,3-16,23,25-26H2,1-2H3/p+1. The lowest BCUT2D eigenvalue weighted by molar-refractivity contribution is -0.671. The highest BCUT2D eigenvalue weighted by atomic mass is 35.5. The van der Waals surface area contributed by atoms with Crippen molar-refractivity contribution in [1.82, 2.24) is 5.32 Å². The van der Waals surface area contributed by atoms with Crippen molar-refractivity contribution in [2.45, 2.75) is 110 Å². The van der Waals surface area contributed by atoms with Gasteiger partial charge in [0, 0.05) is 18.7 Å². The SMILES string of the molecule is CCCCCCCCCCCCCCCCOc1ccc(CC(=O)NCc2cc[n+](C)cc2)cc1Cl. The van der Waals surface area contributed by atoms with Crippen molar-refractivity contribution in [2.75, 3.05) is 6.61 Å². The first-order valence-electron chi connectivity index (χ1n) is 14.2. The van der Waals surface area contributed by atoms with E-state index in [0.29, 0.717) is 30.3 Å². The molecule has 0 saturated heterocycles. The van der Waals surface area contributed by atoms with Gasteiger partial charge in [-0.25, -0.2) is 4.57 Å². The van der Waals surface area contributed by atoms with Crippen LogP contribution < -0.4 is 14.6 Å². The third-order valence-corrected chi connectivity index (χ3v) is 6.95. The molecule has 1 aromatic carbocycles. The molecule has 0 aliphatic carbocycles. The zero-order valence-electron chi connectivity index (χ0n) is 22.7. The van der Waals surface area contributed by atoms with Crippen LogP contribution in [0.25, 0.3) is 0 Å². The van der Waals surface area contributed by atoms with E-state index >= 15 is 0 Å². The third-order valence-electron chi connectivity index (χ3n) is 6.65. The third kappa shape index (κ3) is 13.9. The van der Waals surface area contributed by atoms with Gasteiger partial charge < -0.3 is 10.1 Å². The van der Waals surface area contributed by atoms with Crippen LogP contribution in [0.4, 0.5) is 0 Å². The Morgan fingerprint density at radius 2 is 1.36 bits per heavy atom. The van der Waals surface area contributed by atoms with Gasteiger partial charge in [0.1, 0.15) is 12.8 Å². The summed E-state index contributed by atoms with van der Waals surface area (Å²) in [6.07, 6.45) is 23.1. The predicted octanol–water partition coefficient (Wildman–Crippen LogP) is 7.88. The maximum Gasteiger partial charge on any atom is 0.224 e. The fourth-order valence-corrected chi connectivity index (χ4v) is 4.61. The van der Waals surface area contributed by atoms with Gasteiger partial charge in [-0.3, -0.25) is 4.79 Å². The Hall–Kier alpha value is -2.07.